The summed E-state index contributed by atoms with van der Waals surface area (Å²) in [4.78, 5) is 7.92. The number of ether oxygens (including phenoxy) is 1. The van der Waals surface area contributed by atoms with E-state index in [0.29, 0.717) is 18.8 Å². The molecule has 0 saturated carbocycles. The van der Waals surface area contributed by atoms with E-state index < -0.39 is 0 Å². The molecule has 1 aliphatic heterocycles. The summed E-state index contributed by atoms with van der Waals surface area (Å²) in [7, 11) is 0. The van der Waals surface area contributed by atoms with E-state index >= 15 is 0 Å². The maximum absolute atomic E-state index is 9.23. The van der Waals surface area contributed by atoms with Crippen LogP contribution in [0.1, 0.15) is 5.56 Å². The van der Waals surface area contributed by atoms with Crippen LogP contribution in [-0.4, -0.2) is 31.3 Å². The lowest BCUT2D eigenvalue weighted by atomic mass is 10.2. The smallest absolute Gasteiger partial charge is 0.147 e. The number of hydrogen-bond donors (Lipinski definition) is 0. The first-order valence-electron chi connectivity index (χ1n) is 6.16. The molecule has 5 heteroatoms. The van der Waals surface area contributed by atoms with Gasteiger partial charge >= 0.3 is 0 Å². The zero-order valence-electron chi connectivity index (χ0n) is 10.4. The van der Waals surface area contributed by atoms with Gasteiger partial charge in [0, 0.05) is 13.1 Å². The number of hydrogen-bond acceptors (Lipinski definition) is 5. The molecule has 96 valence electrons. The van der Waals surface area contributed by atoms with Crippen LogP contribution in [0.4, 0.5) is 5.82 Å². The van der Waals surface area contributed by atoms with Gasteiger partial charge in [-0.25, -0.2) is 4.98 Å². The molecule has 0 spiro atoms. The van der Waals surface area contributed by atoms with Crippen LogP contribution >= 0.6 is 11.3 Å². The highest BCUT2D eigenvalue weighted by Gasteiger charge is 2.17. The topological polar surface area (TPSA) is 49.2 Å². The van der Waals surface area contributed by atoms with E-state index in [2.05, 4.69) is 16.0 Å². The Kier molecular flexibility index (Phi) is 3.45. The Labute approximate surface area is 115 Å². The van der Waals surface area contributed by atoms with Crippen LogP contribution < -0.4 is 4.90 Å². The zero-order chi connectivity index (χ0) is 13.1. The largest absolute Gasteiger partial charge is 0.378 e. The second-order valence-corrected chi connectivity index (χ2v) is 5.20. The standard InChI is InChI=1S/C14H13N3OS/c15-10-11-3-4-12(13-2-1-9-19-13)16-14(11)17-5-7-18-8-6-17/h1-4,9H,5-8H2. The van der Waals surface area contributed by atoms with Crippen molar-refractivity contribution in [2.45, 2.75) is 0 Å². The first kappa shape index (κ1) is 12.2. The Hall–Kier alpha value is -1.90. The van der Waals surface area contributed by atoms with Crippen molar-refractivity contribution in [3.05, 3.63) is 35.2 Å². The van der Waals surface area contributed by atoms with Crippen LogP contribution in [0.25, 0.3) is 10.6 Å². The van der Waals surface area contributed by atoms with Crippen molar-refractivity contribution in [1.29, 1.82) is 5.26 Å². The molecule has 19 heavy (non-hydrogen) atoms. The van der Waals surface area contributed by atoms with Crippen molar-refractivity contribution in [1.82, 2.24) is 4.98 Å². The highest BCUT2D eigenvalue weighted by molar-refractivity contribution is 7.13. The van der Waals surface area contributed by atoms with Gasteiger partial charge in [0.25, 0.3) is 0 Å². The molecule has 3 rings (SSSR count). The van der Waals surface area contributed by atoms with E-state index in [1.165, 1.54) is 0 Å². The molecule has 0 unspecified atom stereocenters. The highest BCUT2D eigenvalue weighted by atomic mass is 32.1. The van der Waals surface area contributed by atoms with Crippen LogP contribution in [0.5, 0.6) is 0 Å². The molecule has 0 bridgehead atoms. The summed E-state index contributed by atoms with van der Waals surface area (Å²) in [6.07, 6.45) is 0. The molecule has 0 atom stereocenters. The molecule has 2 aromatic heterocycles. The first-order chi connectivity index (χ1) is 9.38. The van der Waals surface area contributed by atoms with Gasteiger partial charge in [0.15, 0.2) is 0 Å². The van der Waals surface area contributed by atoms with Gasteiger partial charge in [0.2, 0.25) is 0 Å². The Morgan fingerprint density at radius 3 is 2.79 bits per heavy atom. The SMILES string of the molecule is N#Cc1ccc(-c2cccs2)nc1N1CCOCC1. The van der Waals surface area contributed by atoms with E-state index in [4.69, 9.17) is 4.74 Å². The van der Waals surface area contributed by atoms with Gasteiger partial charge < -0.3 is 9.64 Å². The van der Waals surface area contributed by atoms with Crippen LogP contribution in [0.15, 0.2) is 29.6 Å². The normalized spacial score (nSPS) is 15.2. The molecule has 1 fully saturated rings. The molecule has 0 aromatic carbocycles. The zero-order valence-corrected chi connectivity index (χ0v) is 11.2. The lowest BCUT2D eigenvalue weighted by Gasteiger charge is -2.28. The number of rotatable bonds is 2. The number of nitriles is 1. The Morgan fingerprint density at radius 1 is 1.26 bits per heavy atom. The van der Waals surface area contributed by atoms with E-state index in [1.54, 1.807) is 11.3 Å². The molecular weight excluding hydrogens is 258 g/mol. The summed E-state index contributed by atoms with van der Waals surface area (Å²) < 4.78 is 5.35. The number of pyridine rings is 1. The molecule has 0 aliphatic carbocycles. The molecule has 0 radical (unpaired) electrons. The van der Waals surface area contributed by atoms with Gasteiger partial charge in [-0.3, -0.25) is 0 Å². The fourth-order valence-electron chi connectivity index (χ4n) is 2.11. The first-order valence-corrected chi connectivity index (χ1v) is 7.04. The maximum Gasteiger partial charge on any atom is 0.147 e. The summed E-state index contributed by atoms with van der Waals surface area (Å²) in [5.74, 6) is 0.775. The van der Waals surface area contributed by atoms with Crippen LogP contribution in [0, 0.1) is 11.3 Å². The summed E-state index contributed by atoms with van der Waals surface area (Å²) in [6.45, 7) is 2.96. The van der Waals surface area contributed by atoms with E-state index in [9.17, 15) is 5.26 Å². The maximum atomic E-state index is 9.23. The Bertz CT molecular complexity index is 598. The second-order valence-electron chi connectivity index (χ2n) is 4.26. The number of morpholine rings is 1. The van der Waals surface area contributed by atoms with Crippen molar-refractivity contribution in [3.8, 4) is 16.6 Å². The predicted octanol–water partition coefficient (Wildman–Crippen LogP) is 2.52. The van der Waals surface area contributed by atoms with Gasteiger partial charge in [-0.15, -0.1) is 11.3 Å². The minimum absolute atomic E-state index is 0.627. The average molecular weight is 271 g/mol. The molecule has 1 saturated heterocycles. The number of nitrogens with zero attached hydrogens (tertiary/aromatic N) is 3. The number of aromatic nitrogens is 1. The Morgan fingerprint density at radius 2 is 2.11 bits per heavy atom. The molecule has 0 N–H and O–H groups in total. The molecule has 2 aromatic rings. The van der Waals surface area contributed by atoms with Crippen molar-refractivity contribution in [2.24, 2.45) is 0 Å². The van der Waals surface area contributed by atoms with Gasteiger partial charge in [0.1, 0.15) is 11.9 Å². The molecule has 1 aliphatic rings. The van der Waals surface area contributed by atoms with Gasteiger partial charge in [-0.05, 0) is 23.6 Å². The minimum Gasteiger partial charge on any atom is -0.378 e. The molecule has 3 heterocycles. The summed E-state index contributed by atoms with van der Waals surface area (Å²) in [5.41, 5.74) is 1.55. The predicted molar refractivity (Wildman–Crippen MR) is 75.3 cm³/mol. The Balaban J connectivity index is 2.00. The molecule has 0 amide bonds. The third-order valence-corrected chi connectivity index (χ3v) is 3.97. The van der Waals surface area contributed by atoms with Crippen molar-refractivity contribution >= 4 is 17.2 Å². The summed E-state index contributed by atoms with van der Waals surface area (Å²) >= 11 is 1.66. The van der Waals surface area contributed by atoms with Crippen molar-refractivity contribution in [2.75, 3.05) is 31.2 Å². The van der Waals surface area contributed by atoms with Crippen LogP contribution in [-0.2, 0) is 4.74 Å². The quantitative estimate of drug-likeness (QED) is 0.842. The van der Waals surface area contributed by atoms with Crippen molar-refractivity contribution in [3.63, 3.8) is 0 Å². The van der Waals surface area contributed by atoms with Crippen LogP contribution in [0.3, 0.4) is 0 Å². The average Bonchev–Trinajstić information content (AvgIpc) is 3.02. The van der Waals surface area contributed by atoms with Gasteiger partial charge in [-0.1, -0.05) is 6.07 Å². The number of anilines is 1. The molecule has 4 nitrogen and oxygen atoms in total. The molecular formula is C14H13N3OS. The third kappa shape index (κ3) is 2.46. The van der Waals surface area contributed by atoms with Crippen LogP contribution in [0.2, 0.25) is 0 Å². The third-order valence-electron chi connectivity index (χ3n) is 3.08. The number of thiophene rings is 1. The fourth-order valence-corrected chi connectivity index (χ4v) is 2.81. The van der Waals surface area contributed by atoms with Gasteiger partial charge in [0.05, 0.1) is 29.3 Å². The van der Waals surface area contributed by atoms with Crippen molar-refractivity contribution < 1.29 is 4.74 Å². The lowest BCUT2D eigenvalue weighted by molar-refractivity contribution is 0.122. The minimum atomic E-state index is 0.627. The van der Waals surface area contributed by atoms with E-state index in [0.717, 1.165) is 29.5 Å². The monoisotopic (exact) mass is 271 g/mol. The lowest BCUT2D eigenvalue weighted by Crippen LogP contribution is -2.37. The summed E-state index contributed by atoms with van der Waals surface area (Å²) in [5, 5.41) is 11.3. The second kappa shape index (κ2) is 5.39. The van der Waals surface area contributed by atoms with Gasteiger partial charge in [-0.2, -0.15) is 5.26 Å². The fraction of sp³-hybridized carbons (Fsp3) is 0.286. The summed E-state index contributed by atoms with van der Waals surface area (Å²) in [6, 6.07) is 10.0. The van der Waals surface area contributed by atoms with E-state index in [-0.39, 0.29) is 0 Å². The van der Waals surface area contributed by atoms with E-state index in [1.807, 2.05) is 29.6 Å². The highest BCUT2D eigenvalue weighted by Crippen LogP contribution is 2.27.